The van der Waals surface area contributed by atoms with Gasteiger partial charge in [0.05, 0.1) is 11.0 Å². The van der Waals surface area contributed by atoms with Crippen LogP contribution < -0.4 is 0 Å². The first-order valence-corrected chi connectivity index (χ1v) is 26.6. The Morgan fingerprint density at radius 3 is 1.32 bits per heavy atom. The molecule has 324 valence electrons. The lowest BCUT2D eigenvalue weighted by atomic mass is 9.85. The van der Waals surface area contributed by atoms with Gasteiger partial charge >= 0.3 is 0 Å². The zero-order valence-electron chi connectivity index (χ0n) is 38.0. The van der Waals surface area contributed by atoms with E-state index in [-0.39, 0.29) is 0 Å². The SMILES string of the molecule is CCc1nc2cccc(-c3c4cccc(-c5cccc6c5c5ccccc5p6-c5ccccc5)c4cc4c(-c5cccc6c5c5ccccc5p6-c5ccccc5)cccc34)c2n1-c1ccccc1. The average molecular weight is 915 g/mol. The minimum atomic E-state index is -0.726. The van der Waals surface area contributed by atoms with E-state index in [4.69, 9.17) is 4.98 Å². The van der Waals surface area contributed by atoms with Gasteiger partial charge in [-0.3, -0.25) is 4.57 Å². The van der Waals surface area contributed by atoms with Crippen LogP contribution in [0.4, 0.5) is 0 Å². The molecule has 0 saturated heterocycles. The number of benzene rings is 11. The second-order valence-corrected chi connectivity index (χ2v) is 22.4. The molecule has 2 unspecified atom stereocenters. The number of hydrogen-bond acceptors (Lipinski definition) is 1. The van der Waals surface area contributed by atoms with E-state index in [2.05, 4.69) is 248 Å². The number of aryl methyl sites for hydroxylation is 1. The highest BCUT2D eigenvalue weighted by molar-refractivity contribution is 7.68. The standard InChI is InChI=1S/C65H44N2P2/c1-2-61-66-56-36-18-35-53(65(56)67(61)42-21-6-3-7-22-42)62-49-31-16-29-45(47-33-19-39-59-63(47)51-27-12-14-37-57(51)68(59)43-23-8-4-9-24-43)54(49)41-55-46(30-17-32-50(55)62)48-34-20-40-60-64(48)52-28-13-15-38-58(52)69(60)44-25-10-5-11-26-44/h3-41H,2H2,1H3. The lowest BCUT2D eigenvalue weighted by Gasteiger charge is -2.19. The van der Waals surface area contributed by atoms with Crippen molar-refractivity contribution in [2.24, 2.45) is 0 Å². The molecule has 3 aromatic heterocycles. The van der Waals surface area contributed by atoms with Crippen molar-refractivity contribution in [2.45, 2.75) is 13.3 Å². The maximum absolute atomic E-state index is 5.34. The Kier molecular flexibility index (Phi) is 9.35. The van der Waals surface area contributed by atoms with Crippen LogP contribution in [0.1, 0.15) is 12.7 Å². The fourth-order valence-electron chi connectivity index (χ4n) is 11.6. The summed E-state index contributed by atoms with van der Waals surface area (Å²) in [6.45, 7) is 2.21. The van der Waals surface area contributed by atoms with E-state index in [9.17, 15) is 0 Å². The van der Waals surface area contributed by atoms with Crippen molar-refractivity contribution in [3.8, 4) is 49.7 Å². The largest absolute Gasteiger partial charge is 0.296 e. The minimum absolute atomic E-state index is 0.726. The zero-order chi connectivity index (χ0) is 45.6. The van der Waals surface area contributed by atoms with Crippen LogP contribution in [0, 0.1) is 0 Å². The molecule has 69 heavy (non-hydrogen) atoms. The van der Waals surface area contributed by atoms with Crippen molar-refractivity contribution in [1.29, 1.82) is 0 Å². The molecule has 3 heterocycles. The summed E-state index contributed by atoms with van der Waals surface area (Å²) in [7, 11) is -1.45. The molecule has 0 spiro atoms. The van der Waals surface area contributed by atoms with E-state index < -0.39 is 15.1 Å². The average Bonchev–Trinajstić information content (AvgIpc) is 4.09. The van der Waals surface area contributed by atoms with Gasteiger partial charge < -0.3 is 0 Å². The second-order valence-electron chi connectivity index (χ2n) is 18.1. The fourth-order valence-corrected chi connectivity index (χ4v) is 16.9. The number of imidazole rings is 1. The lowest BCUT2D eigenvalue weighted by molar-refractivity contribution is 0.909. The first kappa shape index (κ1) is 40.1. The normalized spacial score (nSPS) is 12.4. The van der Waals surface area contributed by atoms with Gasteiger partial charge in [0, 0.05) is 48.9 Å². The number of fused-ring (bicyclic) bond motifs is 9. The molecule has 0 aliphatic rings. The summed E-state index contributed by atoms with van der Waals surface area (Å²) in [6.07, 6.45) is 0.811. The van der Waals surface area contributed by atoms with E-state index in [1.54, 1.807) is 0 Å². The molecule has 0 amide bonds. The van der Waals surface area contributed by atoms with Crippen LogP contribution in [-0.4, -0.2) is 9.55 Å². The number of nitrogens with zero attached hydrogens (tertiary/aromatic N) is 2. The van der Waals surface area contributed by atoms with Crippen LogP contribution in [0.5, 0.6) is 0 Å². The highest BCUT2D eigenvalue weighted by Gasteiger charge is 2.24. The van der Waals surface area contributed by atoms with E-state index >= 15 is 0 Å². The number of para-hydroxylation sites is 2. The molecule has 0 fully saturated rings. The Morgan fingerprint density at radius 2 is 0.783 bits per heavy atom. The van der Waals surface area contributed by atoms with Gasteiger partial charge in [-0.1, -0.05) is 222 Å². The molecule has 0 saturated carbocycles. The van der Waals surface area contributed by atoms with Gasteiger partial charge in [-0.25, -0.2) is 4.98 Å². The summed E-state index contributed by atoms with van der Waals surface area (Å²) in [5, 5.41) is 18.8. The molecular formula is C65H44N2P2. The highest BCUT2D eigenvalue weighted by atomic mass is 31.1. The van der Waals surface area contributed by atoms with Crippen molar-refractivity contribution in [3.05, 3.63) is 242 Å². The maximum atomic E-state index is 5.34. The molecule has 14 aromatic rings. The highest BCUT2D eigenvalue weighted by Crippen LogP contribution is 2.59. The minimum Gasteiger partial charge on any atom is -0.296 e. The molecule has 0 bridgehead atoms. The lowest BCUT2D eigenvalue weighted by Crippen LogP contribution is -2.01. The third kappa shape index (κ3) is 6.10. The summed E-state index contributed by atoms with van der Waals surface area (Å²) < 4.78 is 2.41. The van der Waals surface area contributed by atoms with Crippen LogP contribution in [0.15, 0.2) is 237 Å². The molecule has 0 aliphatic carbocycles. The molecule has 14 rings (SSSR count). The summed E-state index contributed by atoms with van der Waals surface area (Å²) in [5.41, 5.74) is 10.7. The van der Waals surface area contributed by atoms with Gasteiger partial charge in [-0.2, -0.15) is 0 Å². The zero-order valence-corrected chi connectivity index (χ0v) is 39.8. The number of aromatic nitrogens is 2. The maximum Gasteiger partial charge on any atom is 0.114 e. The monoisotopic (exact) mass is 914 g/mol. The molecule has 11 aromatic carbocycles. The van der Waals surface area contributed by atoms with Crippen LogP contribution in [0.2, 0.25) is 0 Å². The van der Waals surface area contributed by atoms with Crippen molar-refractivity contribution in [1.82, 2.24) is 9.55 Å². The third-order valence-corrected chi connectivity index (χ3v) is 19.5. The quantitative estimate of drug-likeness (QED) is 0.146. The molecule has 0 N–H and O–H groups in total. The molecule has 0 aliphatic heterocycles. The van der Waals surface area contributed by atoms with Crippen molar-refractivity contribution in [2.75, 3.05) is 0 Å². The van der Waals surface area contributed by atoms with E-state index in [1.807, 2.05) is 0 Å². The Labute approximate surface area is 402 Å². The molecular weight excluding hydrogens is 871 g/mol. The van der Waals surface area contributed by atoms with E-state index in [1.165, 1.54) is 108 Å². The van der Waals surface area contributed by atoms with Crippen molar-refractivity contribution >= 4 is 89.7 Å². The Bertz CT molecular complexity index is 4120. The number of hydrogen-bond donors (Lipinski definition) is 0. The van der Waals surface area contributed by atoms with E-state index in [0.29, 0.717) is 0 Å². The smallest absolute Gasteiger partial charge is 0.114 e. The first-order chi connectivity index (χ1) is 34.2. The van der Waals surface area contributed by atoms with Gasteiger partial charge in [0.25, 0.3) is 0 Å². The molecule has 2 nitrogen and oxygen atoms in total. The van der Waals surface area contributed by atoms with Crippen LogP contribution in [0.3, 0.4) is 0 Å². The summed E-state index contributed by atoms with van der Waals surface area (Å²) >= 11 is 0. The first-order valence-electron chi connectivity index (χ1n) is 24.0. The Balaban J connectivity index is 1.14. The summed E-state index contributed by atoms with van der Waals surface area (Å²) in [4.78, 5) is 5.34. The predicted molar refractivity (Wildman–Crippen MR) is 300 cm³/mol. The predicted octanol–water partition coefficient (Wildman–Crippen LogP) is 19.5. The summed E-state index contributed by atoms with van der Waals surface area (Å²) in [5.74, 6) is 1.05. The fraction of sp³-hybridized carbons (Fsp3) is 0.0308. The van der Waals surface area contributed by atoms with Gasteiger partial charge in [0.2, 0.25) is 0 Å². The van der Waals surface area contributed by atoms with E-state index in [0.717, 1.165) is 29.0 Å². The van der Waals surface area contributed by atoms with Gasteiger partial charge in [0.1, 0.15) is 5.82 Å². The van der Waals surface area contributed by atoms with Crippen molar-refractivity contribution < 1.29 is 0 Å². The van der Waals surface area contributed by atoms with Crippen LogP contribution in [-0.2, 0) is 6.42 Å². The second kappa shape index (κ2) is 16.1. The van der Waals surface area contributed by atoms with Crippen LogP contribution in [0.25, 0.3) is 124 Å². The molecule has 0 radical (unpaired) electrons. The van der Waals surface area contributed by atoms with Gasteiger partial charge in [-0.05, 0) is 107 Å². The molecule has 2 atom stereocenters. The summed E-state index contributed by atoms with van der Waals surface area (Å²) in [6, 6.07) is 88.8. The van der Waals surface area contributed by atoms with Gasteiger partial charge in [0.15, 0.2) is 0 Å². The Morgan fingerprint density at radius 1 is 0.362 bits per heavy atom. The third-order valence-electron chi connectivity index (χ3n) is 14.4. The Hall–Kier alpha value is -7.99. The topological polar surface area (TPSA) is 17.8 Å². The molecule has 4 heteroatoms. The number of rotatable bonds is 7. The van der Waals surface area contributed by atoms with Crippen molar-refractivity contribution in [3.63, 3.8) is 0 Å². The van der Waals surface area contributed by atoms with Gasteiger partial charge in [-0.15, -0.1) is 0 Å². The van der Waals surface area contributed by atoms with Crippen LogP contribution >= 0.6 is 15.1 Å².